The van der Waals surface area contributed by atoms with Crippen molar-refractivity contribution in [2.24, 2.45) is 0 Å². The number of aryl methyl sites for hydroxylation is 2. The number of ether oxygens (including phenoxy) is 3. The molecular weight excluding hydrogens is 514 g/mol. The Kier molecular flexibility index (Phi) is 9.38. The van der Waals surface area contributed by atoms with E-state index in [0.717, 1.165) is 37.8 Å². The lowest BCUT2D eigenvalue weighted by Gasteiger charge is -2.27. The van der Waals surface area contributed by atoms with Crippen LogP contribution in [-0.2, 0) is 19.1 Å². The third-order valence-electron chi connectivity index (χ3n) is 5.72. The predicted molar refractivity (Wildman–Crippen MR) is 152 cm³/mol. The molecule has 0 amide bonds. The SMILES string of the molecule is CCOC(=O)COc1ccc(Sc2ccc(C)cc2N(CC(=O)OCC)c2ccnc3nc(C)ccc23)cc1. The van der Waals surface area contributed by atoms with Crippen LogP contribution >= 0.6 is 11.8 Å². The van der Waals surface area contributed by atoms with E-state index in [1.807, 2.05) is 73.3 Å². The predicted octanol–water partition coefficient (Wildman–Crippen LogP) is 6.04. The maximum absolute atomic E-state index is 12.8. The van der Waals surface area contributed by atoms with Gasteiger partial charge in [-0.05, 0) is 87.9 Å². The highest BCUT2D eigenvalue weighted by molar-refractivity contribution is 7.99. The van der Waals surface area contributed by atoms with Crippen molar-refractivity contribution < 1.29 is 23.8 Å². The molecule has 0 spiro atoms. The number of esters is 2. The fourth-order valence-corrected chi connectivity index (χ4v) is 4.92. The second kappa shape index (κ2) is 13.1. The van der Waals surface area contributed by atoms with E-state index in [1.54, 1.807) is 31.8 Å². The molecule has 4 aromatic rings. The Balaban J connectivity index is 1.69. The van der Waals surface area contributed by atoms with E-state index in [2.05, 4.69) is 16.0 Å². The van der Waals surface area contributed by atoms with Crippen molar-refractivity contribution in [3.63, 3.8) is 0 Å². The van der Waals surface area contributed by atoms with Crippen LogP contribution < -0.4 is 9.64 Å². The molecule has 39 heavy (non-hydrogen) atoms. The van der Waals surface area contributed by atoms with Crippen molar-refractivity contribution in [2.75, 3.05) is 31.3 Å². The number of rotatable bonds is 11. The van der Waals surface area contributed by atoms with Gasteiger partial charge in [-0.3, -0.25) is 4.79 Å². The number of hydrogen-bond acceptors (Lipinski definition) is 9. The second-order valence-corrected chi connectivity index (χ2v) is 9.80. The number of aromatic nitrogens is 2. The molecule has 0 aliphatic rings. The van der Waals surface area contributed by atoms with Crippen molar-refractivity contribution in [3.8, 4) is 5.75 Å². The summed E-state index contributed by atoms with van der Waals surface area (Å²) in [6.07, 6.45) is 1.71. The molecule has 0 fully saturated rings. The molecule has 0 saturated heterocycles. The number of fused-ring (bicyclic) bond motifs is 1. The zero-order valence-corrected chi connectivity index (χ0v) is 23.3. The van der Waals surface area contributed by atoms with Gasteiger partial charge in [0, 0.05) is 27.1 Å². The topological polar surface area (TPSA) is 90.9 Å². The van der Waals surface area contributed by atoms with Crippen molar-refractivity contribution in [2.45, 2.75) is 37.5 Å². The van der Waals surface area contributed by atoms with Crippen LogP contribution in [0, 0.1) is 13.8 Å². The molecule has 0 aliphatic carbocycles. The van der Waals surface area contributed by atoms with Crippen LogP contribution in [0.25, 0.3) is 11.0 Å². The van der Waals surface area contributed by atoms with Crippen LogP contribution in [0.3, 0.4) is 0 Å². The minimum absolute atomic E-state index is 0.0263. The molecule has 9 heteroatoms. The van der Waals surface area contributed by atoms with Gasteiger partial charge in [-0.1, -0.05) is 17.8 Å². The molecule has 2 aromatic heterocycles. The summed E-state index contributed by atoms with van der Waals surface area (Å²) in [7, 11) is 0. The van der Waals surface area contributed by atoms with Crippen LogP contribution in [0.4, 0.5) is 11.4 Å². The number of benzene rings is 2. The summed E-state index contributed by atoms with van der Waals surface area (Å²) < 4.78 is 15.8. The molecule has 2 aromatic carbocycles. The number of carbonyl (C=O) groups excluding carboxylic acids is 2. The van der Waals surface area contributed by atoms with Gasteiger partial charge in [0.1, 0.15) is 12.3 Å². The molecule has 4 rings (SSSR count). The molecule has 0 atom stereocenters. The smallest absolute Gasteiger partial charge is 0.344 e. The number of anilines is 2. The zero-order chi connectivity index (χ0) is 27.8. The molecule has 0 radical (unpaired) electrons. The average molecular weight is 546 g/mol. The van der Waals surface area contributed by atoms with Crippen molar-refractivity contribution in [1.82, 2.24) is 9.97 Å². The van der Waals surface area contributed by atoms with Crippen LogP contribution in [0.15, 0.2) is 76.7 Å². The molecule has 0 bridgehead atoms. The van der Waals surface area contributed by atoms with Gasteiger partial charge >= 0.3 is 11.9 Å². The fourth-order valence-electron chi connectivity index (χ4n) is 3.98. The van der Waals surface area contributed by atoms with Gasteiger partial charge < -0.3 is 19.1 Å². The van der Waals surface area contributed by atoms with Gasteiger partial charge in [0.2, 0.25) is 0 Å². The third kappa shape index (κ3) is 7.26. The molecule has 8 nitrogen and oxygen atoms in total. The van der Waals surface area contributed by atoms with Gasteiger partial charge in [0.15, 0.2) is 12.3 Å². The van der Waals surface area contributed by atoms with E-state index in [1.165, 1.54) is 0 Å². The second-order valence-electron chi connectivity index (χ2n) is 8.68. The highest BCUT2D eigenvalue weighted by atomic mass is 32.2. The highest BCUT2D eigenvalue weighted by Crippen LogP contribution is 2.41. The summed E-state index contributed by atoms with van der Waals surface area (Å²) in [5.74, 6) is -0.162. The van der Waals surface area contributed by atoms with Gasteiger partial charge in [-0.2, -0.15) is 0 Å². The minimum atomic E-state index is -0.407. The molecular formula is C30H31N3O5S. The first-order valence-corrected chi connectivity index (χ1v) is 13.5. The van der Waals surface area contributed by atoms with Gasteiger partial charge in [0.25, 0.3) is 0 Å². The van der Waals surface area contributed by atoms with Crippen molar-refractivity contribution in [1.29, 1.82) is 0 Å². The lowest BCUT2D eigenvalue weighted by atomic mass is 10.1. The first kappa shape index (κ1) is 27.9. The molecule has 202 valence electrons. The van der Waals surface area contributed by atoms with E-state index in [4.69, 9.17) is 14.2 Å². The number of nitrogens with zero attached hydrogens (tertiary/aromatic N) is 3. The Morgan fingerprint density at radius 2 is 1.62 bits per heavy atom. The summed E-state index contributed by atoms with van der Waals surface area (Å²) >= 11 is 1.56. The first-order valence-electron chi connectivity index (χ1n) is 12.7. The quantitative estimate of drug-likeness (QED) is 0.209. The van der Waals surface area contributed by atoms with Gasteiger partial charge in [-0.15, -0.1) is 0 Å². The minimum Gasteiger partial charge on any atom is -0.482 e. The fraction of sp³-hybridized carbons (Fsp3) is 0.267. The zero-order valence-electron chi connectivity index (χ0n) is 22.5. The van der Waals surface area contributed by atoms with Crippen molar-refractivity contribution >= 4 is 46.1 Å². The highest BCUT2D eigenvalue weighted by Gasteiger charge is 2.21. The first-order chi connectivity index (χ1) is 18.9. The summed E-state index contributed by atoms with van der Waals surface area (Å²) in [6.45, 7) is 7.99. The maximum Gasteiger partial charge on any atom is 0.344 e. The van der Waals surface area contributed by atoms with Crippen molar-refractivity contribution in [3.05, 3.63) is 78.1 Å². The van der Waals surface area contributed by atoms with E-state index in [-0.39, 0.29) is 19.1 Å². The molecule has 0 N–H and O–H groups in total. The van der Waals surface area contributed by atoms with Crippen LogP contribution in [0.5, 0.6) is 5.75 Å². The van der Waals surface area contributed by atoms with E-state index >= 15 is 0 Å². The normalized spacial score (nSPS) is 10.8. The largest absolute Gasteiger partial charge is 0.482 e. The maximum atomic E-state index is 12.8. The molecule has 0 aliphatic heterocycles. The summed E-state index contributed by atoms with van der Waals surface area (Å²) in [4.78, 5) is 37.3. The van der Waals surface area contributed by atoms with E-state index in [0.29, 0.717) is 24.6 Å². The van der Waals surface area contributed by atoms with E-state index in [9.17, 15) is 9.59 Å². The molecule has 2 heterocycles. The van der Waals surface area contributed by atoms with Crippen LogP contribution in [0.1, 0.15) is 25.1 Å². The summed E-state index contributed by atoms with van der Waals surface area (Å²) in [5.41, 5.74) is 4.21. The standard InChI is InChI=1S/C30H31N3O5S/c1-5-36-28(34)18-33(25-15-16-31-30-24(25)13-8-21(4)32-30)26-17-20(3)7-14-27(26)39-23-11-9-22(10-12-23)38-19-29(35)37-6-2/h7-17H,5-6,18-19H2,1-4H3. The molecule has 0 saturated carbocycles. The van der Waals surface area contributed by atoms with E-state index < -0.39 is 5.97 Å². The lowest BCUT2D eigenvalue weighted by Crippen LogP contribution is -2.27. The summed E-state index contributed by atoms with van der Waals surface area (Å²) in [5, 5.41) is 0.841. The Morgan fingerprint density at radius 3 is 2.36 bits per heavy atom. The number of carbonyl (C=O) groups is 2. The third-order valence-corrected chi connectivity index (χ3v) is 6.79. The Labute approximate surface area is 232 Å². The monoisotopic (exact) mass is 545 g/mol. The lowest BCUT2D eigenvalue weighted by molar-refractivity contribution is -0.145. The molecule has 0 unspecified atom stereocenters. The summed E-state index contributed by atoms with van der Waals surface area (Å²) in [6, 6.07) is 19.5. The Bertz CT molecular complexity index is 1460. The number of pyridine rings is 2. The van der Waals surface area contributed by atoms with Gasteiger partial charge in [-0.25, -0.2) is 14.8 Å². The number of hydrogen-bond donors (Lipinski definition) is 0. The van der Waals surface area contributed by atoms with Gasteiger partial charge in [0.05, 0.1) is 24.6 Å². The Morgan fingerprint density at radius 1 is 0.872 bits per heavy atom. The van der Waals surface area contributed by atoms with Crippen LogP contribution in [-0.4, -0.2) is 48.3 Å². The average Bonchev–Trinajstić information content (AvgIpc) is 2.92. The Hall–Kier alpha value is -4.11. The van der Waals surface area contributed by atoms with Crippen LogP contribution in [0.2, 0.25) is 0 Å².